The van der Waals surface area contributed by atoms with Crippen LogP contribution in [0.3, 0.4) is 0 Å². The summed E-state index contributed by atoms with van der Waals surface area (Å²) in [4.78, 5) is 0. The van der Waals surface area contributed by atoms with E-state index in [0.29, 0.717) is 6.04 Å². The number of aryl methyl sites for hydroxylation is 1. The quantitative estimate of drug-likeness (QED) is 0.771. The lowest BCUT2D eigenvalue weighted by Gasteiger charge is -2.15. The van der Waals surface area contributed by atoms with Crippen molar-refractivity contribution in [3.63, 3.8) is 0 Å². The van der Waals surface area contributed by atoms with Crippen LogP contribution in [-0.2, 0) is 6.42 Å². The van der Waals surface area contributed by atoms with Crippen LogP contribution in [-0.4, -0.2) is 12.6 Å². The van der Waals surface area contributed by atoms with Crippen molar-refractivity contribution in [2.45, 2.75) is 45.6 Å². The van der Waals surface area contributed by atoms with Gasteiger partial charge in [0.25, 0.3) is 0 Å². The fourth-order valence-electron chi connectivity index (χ4n) is 2.18. The van der Waals surface area contributed by atoms with Crippen LogP contribution in [0.2, 0.25) is 0 Å². The van der Waals surface area contributed by atoms with Crippen molar-refractivity contribution in [3.8, 4) is 0 Å². The van der Waals surface area contributed by atoms with E-state index < -0.39 is 0 Å². The molecule has 0 aromatic heterocycles. The zero-order valence-corrected chi connectivity index (χ0v) is 10.5. The van der Waals surface area contributed by atoms with Gasteiger partial charge in [0.15, 0.2) is 0 Å². The molecule has 1 aromatic carbocycles. The van der Waals surface area contributed by atoms with E-state index in [1.807, 2.05) is 0 Å². The number of nitrogens with one attached hydrogen (secondary N) is 1. The predicted molar refractivity (Wildman–Crippen MR) is 69.7 cm³/mol. The van der Waals surface area contributed by atoms with E-state index in [1.54, 1.807) is 0 Å². The van der Waals surface area contributed by atoms with E-state index in [0.717, 1.165) is 12.3 Å². The summed E-state index contributed by atoms with van der Waals surface area (Å²) < 4.78 is 0. The zero-order chi connectivity index (χ0) is 11.4. The van der Waals surface area contributed by atoms with Gasteiger partial charge in [0.05, 0.1) is 0 Å². The zero-order valence-electron chi connectivity index (χ0n) is 10.5. The first-order valence-corrected chi connectivity index (χ1v) is 6.53. The molecular weight excluding hydrogens is 194 g/mol. The highest BCUT2D eigenvalue weighted by atomic mass is 14.9. The molecule has 1 nitrogen and oxygen atoms in total. The van der Waals surface area contributed by atoms with Crippen LogP contribution in [0, 0.1) is 12.8 Å². The van der Waals surface area contributed by atoms with Gasteiger partial charge in [-0.3, -0.25) is 0 Å². The molecule has 1 fully saturated rings. The SMILES string of the molecule is Cc1ccccc1CC(C)NCCC1CC1. The molecule has 1 aliphatic rings. The van der Waals surface area contributed by atoms with Gasteiger partial charge in [0, 0.05) is 6.04 Å². The second-order valence-electron chi connectivity index (χ2n) is 5.22. The molecular formula is C15H23N. The minimum absolute atomic E-state index is 0.597. The van der Waals surface area contributed by atoms with Gasteiger partial charge in [0.2, 0.25) is 0 Å². The van der Waals surface area contributed by atoms with E-state index in [1.165, 1.54) is 36.9 Å². The molecule has 0 saturated heterocycles. The summed E-state index contributed by atoms with van der Waals surface area (Å²) in [5.74, 6) is 1.04. The lowest BCUT2D eigenvalue weighted by atomic mass is 10.0. The van der Waals surface area contributed by atoms with Crippen molar-refractivity contribution in [3.05, 3.63) is 35.4 Å². The highest BCUT2D eigenvalue weighted by Gasteiger charge is 2.20. The van der Waals surface area contributed by atoms with E-state index >= 15 is 0 Å². The van der Waals surface area contributed by atoms with Crippen LogP contribution in [0.25, 0.3) is 0 Å². The lowest BCUT2D eigenvalue weighted by Crippen LogP contribution is -2.29. The summed E-state index contributed by atoms with van der Waals surface area (Å²) in [5, 5.41) is 3.63. The number of rotatable bonds is 6. The van der Waals surface area contributed by atoms with Crippen molar-refractivity contribution >= 4 is 0 Å². The first-order chi connectivity index (χ1) is 7.75. The van der Waals surface area contributed by atoms with Crippen LogP contribution in [0.5, 0.6) is 0 Å². The molecule has 1 unspecified atom stereocenters. The second-order valence-corrected chi connectivity index (χ2v) is 5.22. The fraction of sp³-hybridized carbons (Fsp3) is 0.600. The first-order valence-electron chi connectivity index (χ1n) is 6.53. The molecule has 0 radical (unpaired) electrons. The maximum atomic E-state index is 3.63. The van der Waals surface area contributed by atoms with Crippen LogP contribution in [0.4, 0.5) is 0 Å². The van der Waals surface area contributed by atoms with Crippen LogP contribution in [0.1, 0.15) is 37.3 Å². The Morgan fingerprint density at radius 2 is 2.06 bits per heavy atom. The molecule has 1 N–H and O–H groups in total. The topological polar surface area (TPSA) is 12.0 Å². The molecule has 0 aliphatic heterocycles. The molecule has 1 heteroatoms. The summed E-state index contributed by atoms with van der Waals surface area (Å²) in [5.41, 5.74) is 2.90. The Labute approximate surface area is 99.3 Å². The Morgan fingerprint density at radius 3 is 2.75 bits per heavy atom. The van der Waals surface area contributed by atoms with Gasteiger partial charge in [-0.1, -0.05) is 37.1 Å². The Balaban J connectivity index is 1.73. The second kappa shape index (κ2) is 5.49. The van der Waals surface area contributed by atoms with Gasteiger partial charge in [0.1, 0.15) is 0 Å². The minimum atomic E-state index is 0.597. The van der Waals surface area contributed by atoms with Crippen molar-refractivity contribution < 1.29 is 0 Å². The fourth-order valence-corrected chi connectivity index (χ4v) is 2.18. The average molecular weight is 217 g/mol. The molecule has 1 saturated carbocycles. The number of hydrogen-bond acceptors (Lipinski definition) is 1. The predicted octanol–water partition coefficient (Wildman–Crippen LogP) is 3.32. The molecule has 2 rings (SSSR count). The molecule has 0 spiro atoms. The Morgan fingerprint density at radius 1 is 1.31 bits per heavy atom. The van der Waals surface area contributed by atoms with E-state index in [9.17, 15) is 0 Å². The molecule has 0 heterocycles. The molecule has 0 bridgehead atoms. The third-order valence-electron chi connectivity index (χ3n) is 3.53. The van der Waals surface area contributed by atoms with Crippen molar-refractivity contribution in [2.75, 3.05) is 6.54 Å². The highest BCUT2D eigenvalue weighted by molar-refractivity contribution is 5.26. The van der Waals surface area contributed by atoms with E-state index in [4.69, 9.17) is 0 Å². The van der Waals surface area contributed by atoms with Gasteiger partial charge < -0.3 is 5.32 Å². The van der Waals surface area contributed by atoms with Gasteiger partial charge in [-0.25, -0.2) is 0 Å². The van der Waals surface area contributed by atoms with Crippen molar-refractivity contribution in [1.29, 1.82) is 0 Å². The molecule has 0 amide bonds. The monoisotopic (exact) mass is 217 g/mol. The number of benzene rings is 1. The van der Waals surface area contributed by atoms with E-state index in [-0.39, 0.29) is 0 Å². The summed E-state index contributed by atoms with van der Waals surface area (Å²) >= 11 is 0. The van der Waals surface area contributed by atoms with Crippen LogP contribution in [0.15, 0.2) is 24.3 Å². The average Bonchev–Trinajstić information content (AvgIpc) is 3.05. The molecule has 1 aliphatic carbocycles. The Hall–Kier alpha value is -0.820. The smallest absolute Gasteiger partial charge is 0.00792 e. The van der Waals surface area contributed by atoms with Gasteiger partial charge in [-0.2, -0.15) is 0 Å². The summed E-state index contributed by atoms with van der Waals surface area (Å²) in [6, 6.07) is 9.30. The maximum Gasteiger partial charge on any atom is 0.00792 e. The molecule has 1 atom stereocenters. The molecule has 1 aromatic rings. The van der Waals surface area contributed by atoms with E-state index in [2.05, 4.69) is 43.4 Å². The third-order valence-corrected chi connectivity index (χ3v) is 3.53. The molecule has 88 valence electrons. The summed E-state index contributed by atoms with van der Waals surface area (Å²) in [6.45, 7) is 5.68. The standard InChI is InChI=1S/C15H23N/c1-12-5-3-4-6-15(12)11-13(2)16-10-9-14-7-8-14/h3-6,13-14,16H,7-11H2,1-2H3. The molecule has 16 heavy (non-hydrogen) atoms. The van der Waals surface area contributed by atoms with Crippen LogP contribution >= 0.6 is 0 Å². The summed E-state index contributed by atoms with van der Waals surface area (Å²) in [6.07, 6.45) is 5.46. The largest absolute Gasteiger partial charge is 0.314 e. The van der Waals surface area contributed by atoms with Gasteiger partial charge >= 0.3 is 0 Å². The number of hydrogen-bond donors (Lipinski definition) is 1. The Bertz CT molecular complexity index is 328. The van der Waals surface area contributed by atoms with Gasteiger partial charge in [-0.05, 0) is 50.3 Å². The van der Waals surface area contributed by atoms with Crippen molar-refractivity contribution in [2.24, 2.45) is 5.92 Å². The normalized spacial score (nSPS) is 17.4. The summed E-state index contributed by atoms with van der Waals surface area (Å²) in [7, 11) is 0. The first kappa shape index (κ1) is 11.7. The maximum absolute atomic E-state index is 3.63. The third kappa shape index (κ3) is 3.64. The van der Waals surface area contributed by atoms with Gasteiger partial charge in [-0.15, -0.1) is 0 Å². The highest BCUT2D eigenvalue weighted by Crippen LogP contribution is 2.31. The Kier molecular flexibility index (Phi) is 4.00. The lowest BCUT2D eigenvalue weighted by molar-refractivity contribution is 0.519. The van der Waals surface area contributed by atoms with Crippen molar-refractivity contribution in [1.82, 2.24) is 5.32 Å². The minimum Gasteiger partial charge on any atom is -0.314 e. The van der Waals surface area contributed by atoms with Crippen LogP contribution < -0.4 is 5.32 Å².